The van der Waals surface area contributed by atoms with Gasteiger partial charge in [-0.1, -0.05) is 48.0 Å². The van der Waals surface area contributed by atoms with Gasteiger partial charge in [0.05, 0.1) is 0 Å². The van der Waals surface area contributed by atoms with Crippen LogP contribution in [0.3, 0.4) is 0 Å². The van der Waals surface area contributed by atoms with E-state index in [1.54, 1.807) is 4.52 Å². The number of rotatable bonds is 4. The Morgan fingerprint density at radius 2 is 1.61 bits per heavy atom. The van der Waals surface area contributed by atoms with E-state index in [1.807, 2.05) is 25.1 Å². The first-order valence-electron chi connectivity index (χ1n) is 11.2. The number of benzene rings is 3. The van der Waals surface area contributed by atoms with Crippen molar-refractivity contribution in [3.63, 3.8) is 0 Å². The van der Waals surface area contributed by atoms with E-state index in [4.69, 9.17) is 5.10 Å². The molecule has 1 N–H and O–H groups in total. The van der Waals surface area contributed by atoms with Crippen LogP contribution < -0.4 is 5.32 Å². The monoisotopic (exact) mass is 432 g/mol. The first-order valence-corrected chi connectivity index (χ1v) is 11.2. The average Bonchev–Trinajstić information content (AvgIpc) is 3.38. The summed E-state index contributed by atoms with van der Waals surface area (Å²) in [6.07, 6.45) is 0. The van der Waals surface area contributed by atoms with Gasteiger partial charge in [0, 0.05) is 51.4 Å². The Labute approximate surface area is 191 Å². The maximum atomic E-state index is 4.76. The lowest BCUT2D eigenvalue weighted by Crippen LogP contribution is -2.02. The highest BCUT2D eigenvalue weighted by atomic mass is 15.4. The summed E-state index contributed by atoms with van der Waals surface area (Å²) in [4.78, 5) is 9.27. The fourth-order valence-corrected chi connectivity index (χ4v) is 4.52. The number of aromatic nitrogens is 5. The minimum atomic E-state index is 0.580. The highest BCUT2D eigenvalue weighted by molar-refractivity contribution is 6.09. The molecule has 3 aromatic heterocycles. The van der Waals surface area contributed by atoms with Crippen LogP contribution in [0.15, 0.2) is 72.8 Å². The fourth-order valence-electron chi connectivity index (χ4n) is 4.52. The van der Waals surface area contributed by atoms with Crippen LogP contribution in [0.25, 0.3) is 39.0 Å². The predicted molar refractivity (Wildman–Crippen MR) is 134 cm³/mol. The molecule has 0 atom stereocenters. The third-order valence-corrected chi connectivity index (χ3v) is 6.11. The number of anilines is 2. The van der Waals surface area contributed by atoms with Crippen LogP contribution in [-0.4, -0.2) is 24.1 Å². The minimum absolute atomic E-state index is 0.580. The normalized spacial score (nSPS) is 11.6. The van der Waals surface area contributed by atoms with Gasteiger partial charge >= 0.3 is 0 Å². The van der Waals surface area contributed by atoms with Crippen LogP contribution in [-0.2, 0) is 6.54 Å². The largest absolute Gasteiger partial charge is 0.341 e. The highest BCUT2D eigenvalue weighted by Crippen LogP contribution is 2.32. The van der Waals surface area contributed by atoms with Crippen molar-refractivity contribution in [1.82, 2.24) is 24.1 Å². The summed E-state index contributed by atoms with van der Waals surface area (Å²) in [6, 6.07) is 25.3. The first kappa shape index (κ1) is 19.5. The standard InChI is InChI=1S/C27H24N6/c1-4-32-23-8-6-5-7-21(23)22-16-20(13-14-24(22)32)29-25-15-18(3)28-27-30-26(31-33(25)27)19-11-9-17(2)10-12-19/h5-16,29H,4H2,1-3H3. The quantitative estimate of drug-likeness (QED) is 0.356. The lowest BCUT2D eigenvalue weighted by Gasteiger charge is -2.09. The Balaban J connectivity index is 1.46. The smallest absolute Gasteiger partial charge is 0.254 e. The summed E-state index contributed by atoms with van der Waals surface area (Å²) in [5, 5.41) is 10.8. The van der Waals surface area contributed by atoms with E-state index >= 15 is 0 Å². The molecule has 0 aliphatic heterocycles. The molecule has 0 bridgehead atoms. The second-order valence-corrected chi connectivity index (χ2v) is 8.41. The second-order valence-electron chi connectivity index (χ2n) is 8.41. The van der Waals surface area contributed by atoms with Crippen LogP contribution >= 0.6 is 0 Å². The Bertz CT molecular complexity index is 1640. The lowest BCUT2D eigenvalue weighted by atomic mass is 10.1. The van der Waals surface area contributed by atoms with Gasteiger partial charge in [-0.3, -0.25) is 0 Å². The number of fused-ring (bicyclic) bond motifs is 4. The first-order chi connectivity index (χ1) is 16.1. The molecule has 0 aliphatic rings. The highest BCUT2D eigenvalue weighted by Gasteiger charge is 2.14. The maximum absolute atomic E-state index is 4.76. The Kier molecular flexibility index (Phi) is 4.40. The van der Waals surface area contributed by atoms with Crippen LogP contribution in [0.5, 0.6) is 0 Å². The molecular weight excluding hydrogens is 408 g/mol. The van der Waals surface area contributed by atoms with Crippen LogP contribution in [0.1, 0.15) is 18.2 Å². The summed E-state index contributed by atoms with van der Waals surface area (Å²) >= 11 is 0. The zero-order valence-corrected chi connectivity index (χ0v) is 18.9. The third-order valence-electron chi connectivity index (χ3n) is 6.11. The van der Waals surface area contributed by atoms with Gasteiger partial charge in [0.25, 0.3) is 5.78 Å². The van der Waals surface area contributed by atoms with E-state index in [2.05, 4.69) is 88.3 Å². The van der Waals surface area contributed by atoms with Gasteiger partial charge in [-0.05, 0) is 45.0 Å². The molecule has 6 nitrogen and oxygen atoms in total. The molecule has 0 saturated heterocycles. The summed E-state index contributed by atoms with van der Waals surface area (Å²) in [6.45, 7) is 7.17. The second kappa shape index (κ2) is 7.45. The van der Waals surface area contributed by atoms with E-state index in [9.17, 15) is 0 Å². The zero-order valence-electron chi connectivity index (χ0n) is 18.9. The van der Waals surface area contributed by atoms with Gasteiger partial charge < -0.3 is 9.88 Å². The molecule has 6 rings (SSSR count). The molecule has 0 radical (unpaired) electrons. The molecule has 0 aliphatic carbocycles. The Morgan fingerprint density at radius 3 is 2.42 bits per heavy atom. The molecule has 33 heavy (non-hydrogen) atoms. The Hall–Kier alpha value is -4.19. The van der Waals surface area contributed by atoms with Crippen molar-refractivity contribution in [2.75, 3.05) is 5.32 Å². The molecule has 3 heterocycles. The van der Waals surface area contributed by atoms with Crippen molar-refractivity contribution in [3.8, 4) is 11.4 Å². The van der Waals surface area contributed by atoms with E-state index in [-0.39, 0.29) is 0 Å². The number of hydrogen-bond acceptors (Lipinski definition) is 4. The molecule has 6 aromatic rings. The van der Waals surface area contributed by atoms with Crippen LogP contribution in [0, 0.1) is 13.8 Å². The minimum Gasteiger partial charge on any atom is -0.341 e. The summed E-state index contributed by atoms with van der Waals surface area (Å²) in [5.41, 5.74) is 6.57. The molecular formula is C27H24N6. The fraction of sp³-hybridized carbons (Fsp3) is 0.148. The summed E-state index contributed by atoms with van der Waals surface area (Å²) < 4.78 is 4.14. The van der Waals surface area contributed by atoms with E-state index in [0.29, 0.717) is 11.6 Å². The lowest BCUT2D eigenvalue weighted by molar-refractivity contribution is 0.827. The number of nitrogens with one attached hydrogen (secondary N) is 1. The van der Waals surface area contributed by atoms with Gasteiger partial charge in [-0.2, -0.15) is 9.50 Å². The maximum Gasteiger partial charge on any atom is 0.254 e. The molecule has 0 amide bonds. The summed E-state index contributed by atoms with van der Waals surface area (Å²) in [5.74, 6) is 2.08. The molecule has 0 spiro atoms. The molecule has 0 saturated carbocycles. The molecule has 0 fully saturated rings. The zero-order chi connectivity index (χ0) is 22.5. The molecule has 6 heteroatoms. The number of para-hydroxylation sites is 1. The number of hydrogen-bond donors (Lipinski definition) is 1. The molecule has 162 valence electrons. The van der Waals surface area contributed by atoms with E-state index in [1.165, 1.54) is 27.4 Å². The predicted octanol–water partition coefficient (Wildman–Crippen LogP) is 6.28. The van der Waals surface area contributed by atoms with Gasteiger partial charge in [0.2, 0.25) is 0 Å². The molecule has 3 aromatic carbocycles. The number of aryl methyl sites for hydroxylation is 3. The topological polar surface area (TPSA) is 60.0 Å². The van der Waals surface area contributed by atoms with Crippen molar-refractivity contribution < 1.29 is 0 Å². The number of nitrogens with zero attached hydrogens (tertiary/aromatic N) is 5. The third kappa shape index (κ3) is 3.22. The van der Waals surface area contributed by atoms with Crippen LogP contribution in [0.2, 0.25) is 0 Å². The van der Waals surface area contributed by atoms with Gasteiger partial charge in [-0.15, -0.1) is 5.10 Å². The van der Waals surface area contributed by atoms with Crippen molar-refractivity contribution in [2.24, 2.45) is 0 Å². The van der Waals surface area contributed by atoms with Gasteiger partial charge in [0.15, 0.2) is 5.82 Å². The molecule has 0 unspecified atom stereocenters. The van der Waals surface area contributed by atoms with Gasteiger partial charge in [-0.25, -0.2) is 4.98 Å². The van der Waals surface area contributed by atoms with Crippen molar-refractivity contribution in [1.29, 1.82) is 0 Å². The van der Waals surface area contributed by atoms with Crippen molar-refractivity contribution in [2.45, 2.75) is 27.3 Å². The van der Waals surface area contributed by atoms with E-state index in [0.717, 1.165) is 29.3 Å². The Morgan fingerprint density at radius 1 is 0.818 bits per heavy atom. The average molecular weight is 433 g/mol. The van der Waals surface area contributed by atoms with Crippen molar-refractivity contribution >= 4 is 39.1 Å². The summed E-state index contributed by atoms with van der Waals surface area (Å²) in [7, 11) is 0. The SMILES string of the molecule is CCn1c2ccccc2c2cc(Nc3cc(C)nc4nc(-c5ccc(C)cc5)nn34)ccc21. The van der Waals surface area contributed by atoms with E-state index < -0.39 is 0 Å². The van der Waals surface area contributed by atoms with Crippen LogP contribution in [0.4, 0.5) is 11.5 Å². The van der Waals surface area contributed by atoms with Gasteiger partial charge in [0.1, 0.15) is 5.82 Å². The van der Waals surface area contributed by atoms with Crippen molar-refractivity contribution in [3.05, 3.63) is 84.1 Å².